The fourth-order valence-electron chi connectivity index (χ4n) is 1.51. The summed E-state index contributed by atoms with van der Waals surface area (Å²) in [4.78, 5) is 14.6. The van der Waals surface area contributed by atoms with Crippen molar-refractivity contribution < 1.29 is 0 Å². The Labute approximate surface area is 76.0 Å². The molecule has 0 saturated carbocycles. The van der Waals surface area contributed by atoms with Crippen molar-refractivity contribution in [1.29, 1.82) is 0 Å². The standard InChI is InChI=1S/C10H12N2O/c1-7(2)8-6-11-9-4-3-5-10(13)12(8)9/h3-7,11H,1-2H3. The number of H-pyrrole nitrogens is 1. The molecule has 13 heavy (non-hydrogen) atoms. The maximum Gasteiger partial charge on any atom is 0.256 e. The van der Waals surface area contributed by atoms with E-state index >= 15 is 0 Å². The molecular formula is C10H12N2O. The number of pyridine rings is 1. The van der Waals surface area contributed by atoms with Gasteiger partial charge < -0.3 is 4.98 Å². The van der Waals surface area contributed by atoms with Crippen LogP contribution in [-0.2, 0) is 0 Å². The van der Waals surface area contributed by atoms with Crippen LogP contribution in [0.2, 0.25) is 0 Å². The molecule has 0 spiro atoms. The van der Waals surface area contributed by atoms with Crippen LogP contribution in [0.1, 0.15) is 25.5 Å². The molecule has 2 rings (SSSR count). The maximum atomic E-state index is 11.5. The highest BCUT2D eigenvalue weighted by Crippen LogP contribution is 2.13. The van der Waals surface area contributed by atoms with E-state index in [-0.39, 0.29) is 5.56 Å². The number of fused-ring (bicyclic) bond motifs is 1. The van der Waals surface area contributed by atoms with Gasteiger partial charge in [0.05, 0.1) is 0 Å². The number of hydrogen-bond acceptors (Lipinski definition) is 1. The van der Waals surface area contributed by atoms with Crippen LogP contribution in [0.15, 0.2) is 29.2 Å². The Morgan fingerprint density at radius 1 is 1.38 bits per heavy atom. The lowest BCUT2D eigenvalue weighted by Gasteiger charge is -2.02. The van der Waals surface area contributed by atoms with Crippen LogP contribution in [0.5, 0.6) is 0 Å². The van der Waals surface area contributed by atoms with E-state index in [9.17, 15) is 4.79 Å². The fourth-order valence-corrected chi connectivity index (χ4v) is 1.51. The number of rotatable bonds is 1. The molecule has 0 aliphatic rings. The first-order valence-electron chi connectivity index (χ1n) is 4.39. The Morgan fingerprint density at radius 3 is 2.85 bits per heavy atom. The second-order valence-corrected chi connectivity index (χ2v) is 3.45. The zero-order valence-corrected chi connectivity index (χ0v) is 7.74. The zero-order chi connectivity index (χ0) is 9.42. The number of aromatic amines is 1. The van der Waals surface area contributed by atoms with Crippen molar-refractivity contribution in [3.8, 4) is 0 Å². The van der Waals surface area contributed by atoms with Gasteiger partial charge in [-0.1, -0.05) is 19.9 Å². The summed E-state index contributed by atoms with van der Waals surface area (Å²) in [7, 11) is 0. The molecule has 0 saturated heterocycles. The number of nitrogens with one attached hydrogen (secondary N) is 1. The van der Waals surface area contributed by atoms with Crippen LogP contribution in [0.4, 0.5) is 0 Å². The lowest BCUT2D eigenvalue weighted by molar-refractivity contribution is 0.800. The number of imidazole rings is 1. The molecule has 0 amide bonds. The van der Waals surface area contributed by atoms with Crippen molar-refractivity contribution in [3.05, 3.63) is 40.4 Å². The molecule has 3 nitrogen and oxygen atoms in total. The largest absolute Gasteiger partial charge is 0.346 e. The molecule has 2 heterocycles. The molecule has 2 aromatic heterocycles. The van der Waals surface area contributed by atoms with E-state index in [1.165, 1.54) is 0 Å². The summed E-state index contributed by atoms with van der Waals surface area (Å²) in [6.45, 7) is 4.14. The van der Waals surface area contributed by atoms with Crippen LogP contribution >= 0.6 is 0 Å². The lowest BCUT2D eigenvalue weighted by Crippen LogP contribution is -2.13. The summed E-state index contributed by atoms with van der Waals surface area (Å²) in [6, 6.07) is 5.23. The van der Waals surface area contributed by atoms with E-state index in [2.05, 4.69) is 18.8 Å². The number of aromatic nitrogens is 2. The molecule has 0 unspecified atom stereocenters. The molecule has 2 aromatic rings. The second kappa shape index (κ2) is 2.76. The molecule has 0 radical (unpaired) electrons. The molecule has 1 N–H and O–H groups in total. The van der Waals surface area contributed by atoms with Crippen molar-refractivity contribution >= 4 is 5.65 Å². The van der Waals surface area contributed by atoms with Gasteiger partial charge in [0.2, 0.25) is 0 Å². The van der Waals surface area contributed by atoms with Gasteiger partial charge in [-0.3, -0.25) is 9.20 Å². The highest BCUT2D eigenvalue weighted by molar-refractivity contribution is 5.40. The topological polar surface area (TPSA) is 37.3 Å². The predicted molar refractivity (Wildman–Crippen MR) is 52.1 cm³/mol. The van der Waals surface area contributed by atoms with Crippen LogP contribution in [0, 0.1) is 0 Å². The molecule has 0 bridgehead atoms. The third-order valence-corrected chi connectivity index (χ3v) is 2.17. The maximum absolute atomic E-state index is 11.5. The summed E-state index contributed by atoms with van der Waals surface area (Å²) < 4.78 is 1.71. The molecule has 0 atom stereocenters. The van der Waals surface area contributed by atoms with E-state index in [1.54, 1.807) is 16.5 Å². The van der Waals surface area contributed by atoms with Gasteiger partial charge in [0.1, 0.15) is 5.65 Å². The van der Waals surface area contributed by atoms with Crippen molar-refractivity contribution in [2.75, 3.05) is 0 Å². The van der Waals surface area contributed by atoms with E-state index in [4.69, 9.17) is 0 Å². The predicted octanol–water partition coefficient (Wildman–Crippen LogP) is 1.75. The summed E-state index contributed by atoms with van der Waals surface area (Å²) >= 11 is 0. The quantitative estimate of drug-likeness (QED) is 0.706. The van der Waals surface area contributed by atoms with Gasteiger partial charge in [-0.25, -0.2) is 0 Å². The lowest BCUT2D eigenvalue weighted by atomic mass is 10.1. The van der Waals surface area contributed by atoms with Crippen molar-refractivity contribution in [1.82, 2.24) is 9.38 Å². The minimum atomic E-state index is 0.0300. The molecule has 0 fully saturated rings. The Kier molecular flexibility index (Phi) is 1.72. The van der Waals surface area contributed by atoms with Crippen LogP contribution in [-0.4, -0.2) is 9.38 Å². The van der Waals surface area contributed by atoms with Gasteiger partial charge in [0, 0.05) is 18.0 Å². The highest BCUT2D eigenvalue weighted by Gasteiger charge is 2.06. The Hall–Kier alpha value is -1.51. The monoisotopic (exact) mass is 176 g/mol. The average molecular weight is 176 g/mol. The van der Waals surface area contributed by atoms with E-state index in [0.717, 1.165) is 11.3 Å². The van der Waals surface area contributed by atoms with Crippen molar-refractivity contribution in [3.63, 3.8) is 0 Å². The van der Waals surface area contributed by atoms with Gasteiger partial charge >= 0.3 is 0 Å². The molecule has 0 aliphatic heterocycles. The third-order valence-electron chi connectivity index (χ3n) is 2.17. The van der Waals surface area contributed by atoms with Crippen LogP contribution in [0.3, 0.4) is 0 Å². The summed E-state index contributed by atoms with van der Waals surface area (Å²) in [5, 5.41) is 0. The highest BCUT2D eigenvalue weighted by atomic mass is 16.1. The minimum Gasteiger partial charge on any atom is -0.346 e. The SMILES string of the molecule is CC(C)c1c[nH]c2cccc(=O)n12. The number of hydrogen-bond donors (Lipinski definition) is 1. The molecule has 3 heteroatoms. The van der Waals surface area contributed by atoms with Gasteiger partial charge in [0.15, 0.2) is 0 Å². The molecule has 0 aliphatic carbocycles. The van der Waals surface area contributed by atoms with Gasteiger partial charge in [-0.2, -0.15) is 0 Å². The van der Waals surface area contributed by atoms with Crippen molar-refractivity contribution in [2.45, 2.75) is 19.8 Å². The van der Waals surface area contributed by atoms with Crippen molar-refractivity contribution in [2.24, 2.45) is 0 Å². The third kappa shape index (κ3) is 1.16. The van der Waals surface area contributed by atoms with Gasteiger partial charge in [-0.15, -0.1) is 0 Å². The average Bonchev–Trinajstić information content (AvgIpc) is 2.49. The molecular weight excluding hydrogens is 164 g/mol. The minimum absolute atomic E-state index is 0.0300. The first kappa shape index (κ1) is 8.10. The summed E-state index contributed by atoms with van der Waals surface area (Å²) in [5.41, 5.74) is 1.92. The van der Waals surface area contributed by atoms with E-state index < -0.39 is 0 Å². The fraction of sp³-hybridized carbons (Fsp3) is 0.300. The Bertz CT molecular complexity index is 479. The summed E-state index contributed by atoms with van der Waals surface area (Å²) in [5.74, 6) is 0.355. The smallest absolute Gasteiger partial charge is 0.256 e. The Balaban J connectivity index is 2.87. The van der Waals surface area contributed by atoms with Crippen LogP contribution < -0.4 is 5.56 Å². The second-order valence-electron chi connectivity index (χ2n) is 3.45. The normalized spacial score (nSPS) is 11.3. The number of nitrogens with zero attached hydrogens (tertiary/aromatic N) is 1. The van der Waals surface area contributed by atoms with E-state index in [0.29, 0.717) is 5.92 Å². The Morgan fingerprint density at radius 2 is 2.15 bits per heavy atom. The molecule has 0 aromatic carbocycles. The first-order chi connectivity index (χ1) is 6.20. The van der Waals surface area contributed by atoms with Crippen LogP contribution in [0.25, 0.3) is 5.65 Å². The molecule has 68 valence electrons. The zero-order valence-electron chi connectivity index (χ0n) is 7.74. The van der Waals surface area contributed by atoms with E-state index in [1.807, 2.05) is 12.3 Å². The van der Waals surface area contributed by atoms with Gasteiger partial charge in [0.25, 0.3) is 5.56 Å². The van der Waals surface area contributed by atoms with Gasteiger partial charge in [-0.05, 0) is 12.0 Å². The first-order valence-corrected chi connectivity index (χ1v) is 4.39. The summed E-state index contributed by atoms with van der Waals surface area (Å²) in [6.07, 6.45) is 1.89.